The van der Waals surface area contributed by atoms with Gasteiger partial charge in [0.05, 0.1) is 31.7 Å². The largest absolute Gasteiger partial charge is 0.506 e. The maximum atomic E-state index is 12.5. The van der Waals surface area contributed by atoms with Crippen LogP contribution in [0.1, 0.15) is 33.8 Å². The van der Waals surface area contributed by atoms with Gasteiger partial charge < -0.3 is 19.6 Å². The fourth-order valence-corrected chi connectivity index (χ4v) is 3.07. The molecule has 0 saturated carbocycles. The van der Waals surface area contributed by atoms with Gasteiger partial charge in [-0.05, 0) is 23.8 Å². The van der Waals surface area contributed by atoms with Gasteiger partial charge >= 0.3 is 11.9 Å². The summed E-state index contributed by atoms with van der Waals surface area (Å²) in [7, 11) is 2.40. The molecule has 144 valence electrons. The van der Waals surface area contributed by atoms with E-state index in [2.05, 4.69) is 14.7 Å². The third-order valence-electron chi connectivity index (χ3n) is 4.48. The number of H-pyrrole nitrogens is 1. The number of carbonyl (C=O) groups excluding carboxylic acids is 2. The number of fused-ring (bicyclic) bond motifs is 1. The van der Waals surface area contributed by atoms with E-state index in [1.807, 2.05) is 6.07 Å². The Hall–Kier alpha value is -3.68. The van der Waals surface area contributed by atoms with Crippen LogP contribution in [0.25, 0.3) is 10.9 Å². The first-order valence-corrected chi connectivity index (χ1v) is 8.40. The lowest BCUT2D eigenvalue weighted by Crippen LogP contribution is -2.22. The van der Waals surface area contributed by atoms with Gasteiger partial charge in [0.1, 0.15) is 11.3 Å². The fourth-order valence-electron chi connectivity index (χ4n) is 3.07. The quantitative estimate of drug-likeness (QED) is 0.649. The van der Waals surface area contributed by atoms with Crippen molar-refractivity contribution in [3.63, 3.8) is 0 Å². The van der Waals surface area contributed by atoms with E-state index in [0.717, 1.165) is 24.2 Å². The Morgan fingerprint density at radius 3 is 2.71 bits per heavy atom. The zero-order chi connectivity index (χ0) is 20.3. The molecule has 8 nitrogen and oxygen atoms in total. The highest BCUT2D eigenvalue weighted by molar-refractivity contribution is 5.92. The van der Waals surface area contributed by atoms with Crippen LogP contribution in [0.3, 0.4) is 0 Å². The first kappa shape index (κ1) is 19.1. The predicted octanol–water partition coefficient (Wildman–Crippen LogP) is 2.11. The Morgan fingerprint density at radius 1 is 1.21 bits per heavy atom. The van der Waals surface area contributed by atoms with Crippen LogP contribution >= 0.6 is 0 Å². The summed E-state index contributed by atoms with van der Waals surface area (Å²) in [6, 6.07) is 8.86. The number of aromatic nitrogens is 2. The van der Waals surface area contributed by atoms with Crippen molar-refractivity contribution < 1.29 is 24.2 Å². The van der Waals surface area contributed by atoms with Crippen LogP contribution in [0.5, 0.6) is 5.75 Å². The van der Waals surface area contributed by atoms with Crippen molar-refractivity contribution >= 4 is 22.8 Å². The Kier molecular flexibility index (Phi) is 5.39. The van der Waals surface area contributed by atoms with Crippen molar-refractivity contribution in [2.24, 2.45) is 0 Å². The first-order valence-electron chi connectivity index (χ1n) is 8.40. The highest BCUT2D eigenvalue weighted by Crippen LogP contribution is 2.34. The van der Waals surface area contributed by atoms with Gasteiger partial charge in [-0.3, -0.25) is 14.6 Å². The zero-order valence-electron chi connectivity index (χ0n) is 15.3. The third kappa shape index (κ3) is 3.57. The van der Waals surface area contributed by atoms with E-state index in [1.165, 1.54) is 7.11 Å². The number of benzene rings is 1. The van der Waals surface area contributed by atoms with Gasteiger partial charge in [0.25, 0.3) is 5.56 Å². The van der Waals surface area contributed by atoms with Gasteiger partial charge in [-0.1, -0.05) is 12.1 Å². The van der Waals surface area contributed by atoms with Crippen molar-refractivity contribution in [2.75, 3.05) is 14.2 Å². The molecule has 0 spiro atoms. The van der Waals surface area contributed by atoms with Crippen LogP contribution < -0.4 is 5.56 Å². The number of rotatable bonds is 5. The lowest BCUT2D eigenvalue weighted by Gasteiger charge is -2.18. The van der Waals surface area contributed by atoms with E-state index >= 15 is 0 Å². The summed E-state index contributed by atoms with van der Waals surface area (Å²) in [4.78, 5) is 43.1. The summed E-state index contributed by atoms with van der Waals surface area (Å²) in [6.07, 6.45) is 2.53. The van der Waals surface area contributed by atoms with Crippen molar-refractivity contribution in [3.8, 4) is 5.75 Å². The molecule has 3 aromatic rings. The molecule has 0 radical (unpaired) electrons. The van der Waals surface area contributed by atoms with E-state index in [9.17, 15) is 19.5 Å². The van der Waals surface area contributed by atoms with Crippen LogP contribution in [0, 0.1) is 0 Å². The number of carbonyl (C=O) groups is 2. The monoisotopic (exact) mass is 382 g/mol. The summed E-state index contributed by atoms with van der Waals surface area (Å²) in [5.74, 6) is -2.76. The van der Waals surface area contributed by atoms with Crippen molar-refractivity contribution in [2.45, 2.75) is 12.3 Å². The third-order valence-corrected chi connectivity index (χ3v) is 4.48. The smallest absolute Gasteiger partial charge is 0.343 e. The number of nitrogens with one attached hydrogen (secondary N) is 1. The fraction of sp³-hybridized carbons (Fsp3) is 0.200. The van der Waals surface area contributed by atoms with E-state index in [-0.39, 0.29) is 17.5 Å². The molecule has 0 aliphatic rings. The van der Waals surface area contributed by atoms with Crippen molar-refractivity contribution in [1.82, 2.24) is 9.97 Å². The molecule has 3 rings (SSSR count). The molecule has 1 aromatic carbocycles. The minimum absolute atomic E-state index is 0.114. The molecule has 0 saturated heterocycles. The predicted molar refractivity (Wildman–Crippen MR) is 100 cm³/mol. The number of hydrogen-bond acceptors (Lipinski definition) is 7. The van der Waals surface area contributed by atoms with Crippen LogP contribution in [-0.4, -0.2) is 41.2 Å². The number of nitrogens with zero attached hydrogens (tertiary/aromatic N) is 1. The van der Waals surface area contributed by atoms with Crippen LogP contribution in [0.2, 0.25) is 0 Å². The van der Waals surface area contributed by atoms with Crippen molar-refractivity contribution in [1.29, 1.82) is 0 Å². The van der Waals surface area contributed by atoms with Gasteiger partial charge in [-0.15, -0.1) is 0 Å². The standard InChI is InChI=1S/C20H18N2O6/c1-27-16(23)9-13(11-5-6-15-12(8-11)4-3-7-21-15)17-18(24)14(20(26)28-2)10-22-19(17)25/h3-8,10,13H,9H2,1-2H3,(H2,22,24,25)/t13-/m0/s1. The molecular formula is C20H18N2O6. The van der Waals surface area contributed by atoms with E-state index in [0.29, 0.717) is 5.56 Å². The molecular weight excluding hydrogens is 364 g/mol. The second kappa shape index (κ2) is 7.91. The maximum Gasteiger partial charge on any atom is 0.343 e. The highest BCUT2D eigenvalue weighted by atomic mass is 16.5. The molecule has 28 heavy (non-hydrogen) atoms. The average Bonchev–Trinajstić information content (AvgIpc) is 2.72. The number of ether oxygens (including phenoxy) is 2. The Bertz CT molecular complexity index is 1110. The number of pyridine rings is 2. The average molecular weight is 382 g/mol. The second-order valence-electron chi connectivity index (χ2n) is 6.07. The number of aromatic hydroxyl groups is 1. The van der Waals surface area contributed by atoms with Gasteiger partial charge in [-0.2, -0.15) is 0 Å². The summed E-state index contributed by atoms with van der Waals surface area (Å²) >= 11 is 0. The molecule has 0 fully saturated rings. The summed E-state index contributed by atoms with van der Waals surface area (Å²) in [5, 5.41) is 11.4. The van der Waals surface area contributed by atoms with E-state index in [4.69, 9.17) is 4.74 Å². The Balaban J connectivity index is 2.21. The number of methoxy groups -OCH3 is 2. The van der Waals surface area contributed by atoms with Crippen LogP contribution in [0.4, 0.5) is 0 Å². The minimum atomic E-state index is -0.842. The SMILES string of the molecule is COC(=O)C[C@@H](c1ccc2ncccc2c1)c1c(O)c(C(=O)OC)c[nH]c1=O. The molecule has 0 unspecified atom stereocenters. The molecule has 0 amide bonds. The normalized spacial score (nSPS) is 11.8. The maximum absolute atomic E-state index is 12.5. The molecule has 0 bridgehead atoms. The number of aromatic amines is 1. The number of esters is 2. The molecule has 1 atom stereocenters. The lowest BCUT2D eigenvalue weighted by molar-refractivity contribution is -0.140. The zero-order valence-corrected chi connectivity index (χ0v) is 15.3. The van der Waals surface area contributed by atoms with Gasteiger partial charge in [0, 0.05) is 23.7 Å². The van der Waals surface area contributed by atoms with Crippen LogP contribution in [-0.2, 0) is 14.3 Å². The molecule has 0 aliphatic carbocycles. The topological polar surface area (TPSA) is 119 Å². The first-order chi connectivity index (χ1) is 13.5. The van der Waals surface area contributed by atoms with Crippen LogP contribution in [0.15, 0.2) is 47.5 Å². The molecule has 2 aromatic heterocycles. The summed E-state index contributed by atoms with van der Waals surface area (Å²) in [6.45, 7) is 0. The summed E-state index contributed by atoms with van der Waals surface area (Å²) < 4.78 is 9.39. The van der Waals surface area contributed by atoms with E-state index in [1.54, 1.807) is 30.5 Å². The van der Waals surface area contributed by atoms with Gasteiger partial charge in [-0.25, -0.2) is 4.79 Å². The molecule has 0 aliphatic heterocycles. The lowest BCUT2D eigenvalue weighted by atomic mass is 9.87. The Labute approximate surface area is 159 Å². The molecule has 2 heterocycles. The summed E-state index contributed by atoms with van der Waals surface area (Å²) in [5.41, 5.74) is 0.398. The van der Waals surface area contributed by atoms with E-state index < -0.39 is 29.2 Å². The molecule has 8 heteroatoms. The second-order valence-corrected chi connectivity index (χ2v) is 6.07. The van der Waals surface area contributed by atoms with Gasteiger partial charge in [0.15, 0.2) is 0 Å². The highest BCUT2D eigenvalue weighted by Gasteiger charge is 2.28. The van der Waals surface area contributed by atoms with Gasteiger partial charge in [0.2, 0.25) is 0 Å². The number of hydrogen-bond donors (Lipinski definition) is 2. The molecule has 2 N–H and O–H groups in total. The Morgan fingerprint density at radius 2 is 2.00 bits per heavy atom. The van der Waals surface area contributed by atoms with Crippen molar-refractivity contribution in [3.05, 3.63) is 69.8 Å². The minimum Gasteiger partial charge on any atom is -0.506 e.